The number of amides is 1. The predicted octanol–water partition coefficient (Wildman–Crippen LogP) is 4.10. The summed E-state index contributed by atoms with van der Waals surface area (Å²) < 4.78 is 3.35. The molecule has 1 aliphatic carbocycles. The maximum absolute atomic E-state index is 13.0. The van der Waals surface area contributed by atoms with Gasteiger partial charge in [0.25, 0.3) is 9.70 Å². The molecule has 0 bridgehead atoms. The van der Waals surface area contributed by atoms with Crippen molar-refractivity contribution in [3.63, 3.8) is 0 Å². The van der Waals surface area contributed by atoms with E-state index in [1.165, 1.54) is 6.08 Å². The first-order valence-corrected chi connectivity index (χ1v) is 9.47. The predicted molar refractivity (Wildman–Crippen MR) is 103 cm³/mol. The van der Waals surface area contributed by atoms with E-state index < -0.39 is 21.2 Å². The summed E-state index contributed by atoms with van der Waals surface area (Å²) in [5, 5.41) is 2.60. The van der Waals surface area contributed by atoms with Crippen LogP contribution in [-0.4, -0.2) is 27.9 Å². The first-order chi connectivity index (χ1) is 12.4. The molecule has 0 saturated carbocycles. The van der Waals surface area contributed by atoms with Crippen LogP contribution in [0.5, 0.6) is 0 Å². The summed E-state index contributed by atoms with van der Waals surface area (Å²) in [6.07, 6.45) is 1.38. The molecule has 8 heteroatoms. The number of benzene rings is 1. The van der Waals surface area contributed by atoms with Crippen molar-refractivity contribution in [3.8, 4) is 0 Å². The van der Waals surface area contributed by atoms with Gasteiger partial charge in [0.1, 0.15) is 0 Å². The van der Waals surface area contributed by atoms with E-state index in [-0.39, 0.29) is 30.3 Å². The number of rotatable bonds is 1. The molecule has 3 rings (SSSR count). The molecule has 0 radical (unpaired) electrons. The van der Waals surface area contributed by atoms with Gasteiger partial charge in [0.05, 0.1) is 19.3 Å². The van der Waals surface area contributed by atoms with E-state index >= 15 is 0 Å². The molecule has 0 saturated heterocycles. The van der Waals surface area contributed by atoms with Gasteiger partial charge in [-0.3, -0.25) is 14.4 Å². The molecule has 1 aromatic carbocycles. The van der Waals surface area contributed by atoms with Gasteiger partial charge in [-0.05, 0) is 28.7 Å². The molecule has 5 nitrogen and oxygen atoms in total. The summed E-state index contributed by atoms with van der Waals surface area (Å²) in [6.45, 7) is 6.01. The van der Waals surface area contributed by atoms with Gasteiger partial charge in [0.15, 0.2) is 11.6 Å². The molecule has 0 fully saturated rings. The zero-order valence-corrected chi connectivity index (χ0v) is 17.3. The highest BCUT2D eigenvalue weighted by Gasteiger charge is 2.39. The largest absolute Gasteiger partial charge is 0.374 e. The van der Waals surface area contributed by atoms with Crippen LogP contribution in [0, 0.1) is 5.41 Å². The second kappa shape index (κ2) is 6.89. The number of halogens is 3. The summed E-state index contributed by atoms with van der Waals surface area (Å²) in [5.74, 6) is -1.30. The Labute approximate surface area is 172 Å². The van der Waals surface area contributed by atoms with E-state index in [9.17, 15) is 14.4 Å². The Bertz CT molecular complexity index is 878. The maximum Gasteiger partial charge on any atom is 0.272 e. The fourth-order valence-electron chi connectivity index (χ4n) is 3.34. The molecule has 1 amide bonds. The topological polar surface area (TPSA) is 72.5 Å². The Morgan fingerprint density at radius 1 is 1.19 bits per heavy atom. The smallest absolute Gasteiger partial charge is 0.272 e. The van der Waals surface area contributed by atoms with Crippen LogP contribution < -0.4 is 5.32 Å². The van der Waals surface area contributed by atoms with Crippen LogP contribution in [0.15, 0.2) is 23.8 Å². The first kappa shape index (κ1) is 20.3. The number of allylic oxidation sites excluding steroid dienone is 2. The van der Waals surface area contributed by atoms with E-state index in [1.54, 1.807) is 12.1 Å². The standard InChI is InChI=1S/C19H18Cl3NO4/c1-18(2,3)11-6-13(24)15-10(16(11)25)5-4-9-7-27-8-12(14(9)15)23-17(26)19(20,21)22/h4-6,12H,7-8H2,1-3H3,(H,23,26). The third-order valence-electron chi connectivity index (χ3n) is 4.61. The van der Waals surface area contributed by atoms with Crippen molar-refractivity contribution in [1.29, 1.82) is 0 Å². The maximum atomic E-state index is 13.0. The van der Waals surface area contributed by atoms with Crippen molar-refractivity contribution < 1.29 is 19.1 Å². The van der Waals surface area contributed by atoms with Crippen LogP contribution in [-0.2, 0) is 16.1 Å². The number of nitrogens with one attached hydrogen (secondary N) is 1. The Morgan fingerprint density at radius 3 is 2.44 bits per heavy atom. The molecule has 0 aromatic heterocycles. The van der Waals surface area contributed by atoms with Crippen molar-refractivity contribution in [3.05, 3.63) is 46.0 Å². The fraction of sp³-hybridized carbons (Fsp3) is 0.421. The van der Waals surface area contributed by atoms with Crippen LogP contribution >= 0.6 is 34.8 Å². The molecule has 1 aliphatic heterocycles. The first-order valence-electron chi connectivity index (χ1n) is 8.33. The average Bonchev–Trinajstić information content (AvgIpc) is 2.55. The van der Waals surface area contributed by atoms with E-state index in [0.29, 0.717) is 22.3 Å². The van der Waals surface area contributed by atoms with Gasteiger partial charge in [0, 0.05) is 16.7 Å². The quantitative estimate of drug-likeness (QED) is 0.681. The minimum Gasteiger partial charge on any atom is -0.374 e. The van der Waals surface area contributed by atoms with E-state index in [2.05, 4.69) is 5.32 Å². The lowest BCUT2D eigenvalue weighted by molar-refractivity contribution is -0.121. The minimum absolute atomic E-state index is 0.104. The van der Waals surface area contributed by atoms with Crippen LogP contribution in [0.2, 0.25) is 0 Å². The highest BCUT2D eigenvalue weighted by Crippen LogP contribution is 2.38. The van der Waals surface area contributed by atoms with Gasteiger partial charge in [-0.1, -0.05) is 61.6 Å². The average molecular weight is 431 g/mol. The van der Waals surface area contributed by atoms with Crippen molar-refractivity contribution in [1.82, 2.24) is 5.32 Å². The van der Waals surface area contributed by atoms with Crippen molar-refractivity contribution in [2.24, 2.45) is 5.41 Å². The molecule has 27 heavy (non-hydrogen) atoms. The third-order valence-corrected chi connectivity index (χ3v) is 5.12. The van der Waals surface area contributed by atoms with Crippen LogP contribution in [0.25, 0.3) is 0 Å². The molecule has 1 unspecified atom stereocenters. The van der Waals surface area contributed by atoms with Crippen LogP contribution in [0.1, 0.15) is 58.7 Å². The fourth-order valence-corrected chi connectivity index (χ4v) is 3.50. The zero-order chi connectivity index (χ0) is 20.1. The number of ketones is 2. The number of ether oxygens (including phenoxy) is 1. The molecular weight excluding hydrogens is 413 g/mol. The highest BCUT2D eigenvalue weighted by molar-refractivity contribution is 6.76. The Morgan fingerprint density at radius 2 is 1.85 bits per heavy atom. The number of Topliss-reactive ketones (excluding diaryl/α,β-unsaturated/α-hetero) is 1. The van der Waals surface area contributed by atoms with Crippen LogP contribution in [0.4, 0.5) is 0 Å². The van der Waals surface area contributed by atoms with Gasteiger partial charge in [0.2, 0.25) is 0 Å². The number of hydrogen-bond acceptors (Lipinski definition) is 4. The molecule has 1 heterocycles. The Balaban J connectivity index is 2.11. The summed E-state index contributed by atoms with van der Waals surface area (Å²) in [6, 6.07) is 2.67. The van der Waals surface area contributed by atoms with Gasteiger partial charge >= 0.3 is 0 Å². The number of alkyl halides is 3. The van der Waals surface area contributed by atoms with Gasteiger partial charge in [-0.25, -0.2) is 0 Å². The summed E-state index contributed by atoms with van der Waals surface area (Å²) in [4.78, 5) is 38.0. The molecule has 144 valence electrons. The molecule has 2 aliphatic rings. The number of carbonyl (C=O) groups is 3. The monoisotopic (exact) mass is 429 g/mol. The van der Waals surface area contributed by atoms with Crippen molar-refractivity contribution >= 4 is 52.3 Å². The van der Waals surface area contributed by atoms with E-state index in [0.717, 1.165) is 0 Å². The molecule has 1 N–H and O–H groups in total. The van der Waals surface area contributed by atoms with Crippen LogP contribution in [0.3, 0.4) is 0 Å². The second-order valence-electron chi connectivity index (χ2n) is 7.60. The van der Waals surface area contributed by atoms with Gasteiger partial charge in [-0.15, -0.1) is 0 Å². The second-order valence-corrected chi connectivity index (χ2v) is 9.88. The minimum atomic E-state index is -2.15. The number of hydrogen-bond donors (Lipinski definition) is 1. The molecule has 1 atom stereocenters. The molecule has 1 aromatic rings. The Hall–Kier alpha value is -1.40. The normalized spacial score (nSPS) is 19.9. The summed E-state index contributed by atoms with van der Waals surface area (Å²) in [7, 11) is 0. The lowest BCUT2D eigenvalue weighted by Crippen LogP contribution is -2.41. The van der Waals surface area contributed by atoms with Gasteiger partial charge < -0.3 is 10.1 Å². The molecular formula is C19H18Cl3NO4. The summed E-state index contributed by atoms with van der Waals surface area (Å²) in [5.41, 5.74) is 1.85. The van der Waals surface area contributed by atoms with E-state index in [1.807, 2.05) is 20.8 Å². The SMILES string of the molecule is CC(C)(C)C1=CC(=O)c2c(ccc3c2C(NC(=O)C(Cl)(Cl)Cl)COC3)C1=O. The lowest BCUT2D eigenvalue weighted by Gasteiger charge is -2.32. The number of carbonyl (C=O) groups excluding carboxylic acids is 3. The highest BCUT2D eigenvalue weighted by atomic mass is 35.6. The van der Waals surface area contributed by atoms with Gasteiger partial charge in [-0.2, -0.15) is 0 Å². The van der Waals surface area contributed by atoms with E-state index in [4.69, 9.17) is 39.5 Å². The zero-order valence-electron chi connectivity index (χ0n) is 15.0. The Kier molecular flexibility index (Phi) is 5.19. The lowest BCUT2D eigenvalue weighted by atomic mass is 9.74. The third kappa shape index (κ3) is 3.79. The molecule has 0 spiro atoms. The van der Waals surface area contributed by atoms with Crippen molar-refractivity contribution in [2.45, 2.75) is 37.2 Å². The number of fused-ring (bicyclic) bond motifs is 3. The summed E-state index contributed by atoms with van der Waals surface area (Å²) >= 11 is 16.9. The van der Waals surface area contributed by atoms with Crippen molar-refractivity contribution in [2.75, 3.05) is 6.61 Å².